The zero-order valence-corrected chi connectivity index (χ0v) is 24.6. The number of quaternary nitrogens is 1. The van der Waals surface area contributed by atoms with E-state index in [1.807, 2.05) is 0 Å². The van der Waals surface area contributed by atoms with E-state index in [-0.39, 0.29) is 12.5 Å². The van der Waals surface area contributed by atoms with Crippen LogP contribution in [0.5, 0.6) is 0 Å². The van der Waals surface area contributed by atoms with Gasteiger partial charge in [-0.1, -0.05) is 6.07 Å². The average Bonchev–Trinajstić information content (AvgIpc) is 2.63. The lowest BCUT2D eigenvalue weighted by molar-refractivity contribution is -0.870. The molecule has 0 spiro atoms. The number of aromatic nitrogens is 1. The van der Waals surface area contributed by atoms with Crippen LogP contribution in [0.15, 0.2) is 30.6 Å². The molecule has 0 aliphatic carbocycles. The predicted octanol–water partition coefficient (Wildman–Crippen LogP) is 2.19. The number of nitrogens with zero attached hydrogens (tertiary/aromatic N) is 4. The fourth-order valence-corrected chi connectivity index (χ4v) is 5.61. The van der Waals surface area contributed by atoms with Gasteiger partial charge in [0.2, 0.25) is 0 Å². The number of pyridine rings is 1. The Hall–Kier alpha value is -1.59. The number of sulfonamides is 4. The van der Waals surface area contributed by atoms with E-state index in [9.17, 15) is 60.0 Å². The first kappa shape index (κ1) is 39.6. The molecule has 0 aromatic carbocycles. The zero-order chi connectivity index (χ0) is 31.6. The molecule has 0 fully saturated rings. The van der Waals surface area contributed by atoms with Gasteiger partial charge < -0.3 is 12.7 Å². The van der Waals surface area contributed by atoms with Crippen LogP contribution >= 0.6 is 0 Å². The summed E-state index contributed by atoms with van der Waals surface area (Å²) in [5.74, 6) is 0. The molecule has 0 aliphatic rings. The highest BCUT2D eigenvalue weighted by Crippen LogP contribution is 2.30. The molecule has 12 nitrogen and oxygen atoms in total. The monoisotopic (exact) mass is 660 g/mol. The summed E-state index contributed by atoms with van der Waals surface area (Å²) in [5, 5.41) is 0. The van der Waals surface area contributed by atoms with Gasteiger partial charge in [-0.25, -0.2) is 38.2 Å². The molecule has 22 heteroatoms. The van der Waals surface area contributed by atoms with Crippen LogP contribution in [0.4, 0.5) is 26.3 Å². The molecule has 0 N–H and O–H groups in total. The molecule has 0 radical (unpaired) electrons. The molecule has 232 valence electrons. The molecule has 0 saturated heterocycles. The minimum atomic E-state index is -5.92. The van der Waals surface area contributed by atoms with Crippen LogP contribution in [-0.4, -0.2) is 89.4 Å². The first-order valence-corrected chi connectivity index (χ1v) is 16.8. The first-order chi connectivity index (χ1) is 17.0. The lowest BCUT2D eigenvalue weighted by atomic mass is 10.2. The maximum absolute atomic E-state index is 11.4. The first-order valence-electron chi connectivity index (χ1n) is 10.2. The Balaban J connectivity index is 0. The summed E-state index contributed by atoms with van der Waals surface area (Å²) in [6.07, 6.45) is 8.72. The molecule has 0 bridgehead atoms. The molecule has 0 aliphatic heterocycles. The smallest absolute Gasteiger partial charge is 0.429 e. The molecular formula is C17H30F6N4O8S4. The number of hydrogen-bond donors (Lipinski definition) is 0. The number of aryl methyl sites for hydroxylation is 1. The number of unbranched alkanes of at least 4 members (excludes halogenated alkanes) is 2. The van der Waals surface area contributed by atoms with Gasteiger partial charge in [-0.05, 0) is 12.8 Å². The van der Waals surface area contributed by atoms with E-state index < -0.39 is 51.1 Å². The Kier molecular flexibility index (Phi) is 15.1. The van der Waals surface area contributed by atoms with Crippen molar-refractivity contribution in [3.8, 4) is 0 Å². The Morgan fingerprint density at radius 2 is 1.00 bits per heavy atom. The third-order valence-corrected chi connectivity index (χ3v) is 8.48. The molecule has 1 rings (SSSR count). The van der Waals surface area contributed by atoms with Gasteiger partial charge >= 0.3 is 11.0 Å². The third kappa shape index (κ3) is 20.9. The van der Waals surface area contributed by atoms with Crippen LogP contribution in [0, 0.1) is 0 Å². The number of alkyl halides is 6. The molecule has 1 aromatic heterocycles. The van der Waals surface area contributed by atoms with Crippen molar-refractivity contribution in [3.63, 3.8) is 0 Å². The number of hydrogen-bond acceptors (Lipinski definition) is 8. The topological polar surface area (TPSA) is 169 Å². The molecule has 0 amide bonds. The standard InChI is InChI=1S/C13H24N2.2C2H3F3NO4S2/c1-15(2,3)13-9-5-8-12-14-10-6-4-7-11-14;2*1-11(7,8)6-12(9,10)2(3,4)5/h4,6-7,10-11H,5,8-9,12-13H2,1-3H3;2*1H3/q+2;2*-1. The highest BCUT2D eigenvalue weighted by molar-refractivity contribution is 8.12. The second-order valence-corrected chi connectivity index (χ2v) is 15.6. The van der Waals surface area contributed by atoms with Crippen molar-refractivity contribution in [1.29, 1.82) is 0 Å². The molecule has 0 unspecified atom stereocenters. The zero-order valence-electron chi connectivity index (χ0n) is 21.4. The number of rotatable bonds is 10. The molecule has 0 saturated carbocycles. The van der Waals surface area contributed by atoms with Gasteiger partial charge in [0.05, 0.1) is 47.7 Å². The van der Waals surface area contributed by atoms with E-state index in [2.05, 4.69) is 56.3 Å². The van der Waals surface area contributed by atoms with Crippen LogP contribution < -0.4 is 4.57 Å². The molecular weight excluding hydrogens is 630 g/mol. The van der Waals surface area contributed by atoms with Gasteiger partial charge in [0.25, 0.3) is 0 Å². The minimum Gasteiger partial charge on any atom is -0.429 e. The Morgan fingerprint density at radius 1 is 0.641 bits per heavy atom. The minimum absolute atomic E-state index is 0.246. The molecule has 0 atom stereocenters. The largest absolute Gasteiger partial charge is 0.480 e. The van der Waals surface area contributed by atoms with Crippen LogP contribution in [0.1, 0.15) is 19.3 Å². The second-order valence-electron chi connectivity index (χ2n) is 8.64. The van der Waals surface area contributed by atoms with Crippen molar-refractivity contribution < 1.29 is 69.1 Å². The van der Waals surface area contributed by atoms with Gasteiger partial charge in [-0.15, -0.1) is 0 Å². The quantitative estimate of drug-likeness (QED) is 0.159. The van der Waals surface area contributed by atoms with Crippen molar-refractivity contribution in [3.05, 3.63) is 38.8 Å². The van der Waals surface area contributed by atoms with Gasteiger partial charge in [-0.2, -0.15) is 26.3 Å². The highest BCUT2D eigenvalue weighted by atomic mass is 32.3. The van der Waals surface area contributed by atoms with Gasteiger partial charge in [0.15, 0.2) is 32.4 Å². The van der Waals surface area contributed by atoms with Crippen molar-refractivity contribution in [2.45, 2.75) is 36.8 Å². The normalized spacial score (nSPS) is 13.5. The summed E-state index contributed by atoms with van der Waals surface area (Å²) in [5.41, 5.74) is -11.3. The summed E-state index contributed by atoms with van der Waals surface area (Å²) in [6.45, 7) is 2.43. The van der Waals surface area contributed by atoms with E-state index in [0.717, 1.165) is 11.0 Å². The van der Waals surface area contributed by atoms with E-state index >= 15 is 0 Å². The van der Waals surface area contributed by atoms with E-state index in [4.69, 9.17) is 0 Å². The summed E-state index contributed by atoms with van der Waals surface area (Å²) in [4.78, 5) is 0. The molecule has 1 heterocycles. The van der Waals surface area contributed by atoms with Crippen molar-refractivity contribution in [2.24, 2.45) is 0 Å². The van der Waals surface area contributed by atoms with Crippen LogP contribution in [0.2, 0.25) is 0 Å². The predicted molar refractivity (Wildman–Crippen MR) is 130 cm³/mol. The van der Waals surface area contributed by atoms with Crippen LogP contribution in [0.3, 0.4) is 0 Å². The summed E-state index contributed by atoms with van der Waals surface area (Å²) in [7, 11) is -14.2. The fourth-order valence-electron chi connectivity index (χ4n) is 2.08. The maximum Gasteiger partial charge on any atom is 0.480 e. The summed E-state index contributed by atoms with van der Waals surface area (Å²) < 4.78 is 155. The van der Waals surface area contributed by atoms with Gasteiger partial charge in [0.1, 0.15) is 6.54 Å². The second kappa shape index (κ2) is 14.9. The number of halogens is 6. The molecule has 1 aromatic rings. The lowest BCUT2D eigenvalue weighted by Gasteiger charge is -2.23. The van der Waals surface area contributed by atoms with Crippen LogP contribution in [-0.2, 0) is 46.6 Å². The molecule has 39 heavy (non-hydrogen) atoms. The Labute approximate surface area is 224 Å². The lowest BCUT2D eigenvalue weighted by Crippen LogP contribution is -2.35. The maximum atomic E-state index is 11.4. The van der Waals surface area contributed by atoms with Gasteiger partial charge in [0, 0.05) is 31.1 Å². The fraction of sp³-hybridized carbons (Fsp3) is 0.706. The summed E-state index contributed by atoms with van der Waals surface area (Å²) in [6, 6.07) is 6.24. The van der Waals surface area contributed by atoms with E-state index in [1.165, 1.54) is 25.8 Å². The Morgan fingerprint density at radius 3 is 1.26 bits per heavy atom. The van der Waals surface area contributed by atoms with Crippen LogP contribution in [0.25, 0.3) is 8.25 Å². The highest BCUT2D eigenvalue weighted by Gasteiger charge is 2.40. The van der Waals surface area contributed by atoms with Crippen molar-refractivity contribution in [2.75, 3.05) is 40.2 Å². The van der Waals surface area contributed by atoms with Crippen molar-refractivity contribution in [1.82, 2.24) is 0 Å². The van der Waals surface area contributed by atoms with E-state index in [1.54, 1.807) is 8.25 Å². The van der Waals surface area contributed by atoms with Crippen molar-refractivity contribution >= 4 is 40.1 Å². The Bertz CT molecular complexity index is 1240. The SMILES string of the molecule is CS(=O)(=O)[N-]S(=O)(=O)C(F)(F)F.CS(=O)(=O)[N-]S(=O)(=O)C(F)(F)F.C[N+](C)(C)CCCCC[n+]1ccccc1. The average molecular weight is 661 g/mol. The third-order valence-electron chi connectivity index (χ3n) is 3.57. The summed E-state index contributed by atoms with van der Waals surface area (Å²) >= 11 is 0. The van der Waals surface area contributed by atoms with E-state index in [0.29, 0.717) is 0 Å². The van der Waals surface area contributed by atoms with Gasteiger partial charge in [-0.3, -0.25) is 0 Å².